The lowest BCUT2D eigenvalue weighted by Crippen LogP contribution is -2.60. The van der Waals surface area contributed by atoms with Gasteiger partial charge in [0, 0.05) is 35.3 Å². The van der Waals surface area contributed by atoms with E-state index in [1.54, 1.807) is 0 Å². The molecule has 0 bridgehead atoms. The summed E-state index contributed by atoms with van der Waals surface area (Å²) in [6.07, 6.45) is 0. The molecule has 21 heavy (non-hydrogen) atoms. The second kappa shape index (κ2) is 6.70. The van der Waals surface area contributed by atoms with Gasteiger partial charge in [-0.05, 0) is 48.9 Å². The van der Waals surface area contributed by atoms with E-state index >= 15 is 0 Å². The van der Waals surface area contributed by atoms with Crippen LogP contribution in [0.25, 0.3) is 0 Å². The molecule has 2 rings (SSSR count). The molecule has 2 atom stereocenters. The fraction of sp³-hybridized carbons (Fsp3) is 0.667. The van der Waals surface area contributed by atoms with Gasteiger partial charge in [-0.2, -0.15) is 0 Å². The van der Waals surface area contributed by atoms with Gasteiger partial charge in [0.15, 0.2) is 0 Å². The topological polar surface area (TPSA) is 15.3 Å². The normalized spacial score (nSPS) is 23.2. The van der Waals surface area contributed by atoms with E-state index in [0.717, 1.165) is 13.1 Å². The average molecular weight is 353 g/mol. The van der Waals surface area contributed by atoms with Crippen molar-refractivity contribution in [3.05, 3.63) is 27.7 Å². The molecule has 2 nitrogen and oxygen atoms in total. The van der Waals surface area contributed by atoms with Gasteiger partial charge in [-0.15, -0.1) is 0 Å². The highest BCUT2D eigenvalue weighted by atomic mass is 79.9. The molecule has 0 spiro atoms. The summed E-state index contributed by atoms with van der Waals surface area (Å²) in [5.74, 6) is 1.31. The second-order valence-corrected chi connectivity index (χ2v) is 7.91. The van der Waals surface area contributed by atoms with Gasteiger partial charge < -0.3 is 10.2 Å². The lowest BCUT2D eigenvalue weighted by atomic mass is 9.93. The van der Waals surface area contributed by atoms with Crippen molar-refractivity contribution in [2.75, 3.05) is 18.0 Å². The lowest BCUT2D eigenvalue weighted by Gasteiger charge is -2.45. The zero-order valence-corrected chi connectivity index (χ0v) is 15.8. The first-order valence-electron chi connectivity index (χ1n) is 8.08. The summed E-state index contributed by atoms with van der Waals surface area (Å²) in [5.41, 5.74) is 4.03. The SMILES string of the molecule is Cc1cc(N2CC(C(C)C)NCC2C(C)C)cc(C)c1Br. The van der Waals surface area contributed by atoms with Gasteiger partial charge in [0.25, 0.3) is 0 Å². The second-order valence-electron chi connectivity index (χ2n) is 7.12. The summed E-state index contributed by atoms with van der Waals surface area (Å²) < 4.78 is 1.24. The fourth-order valence-electron chi connectivity index (χ4n) is 3.22. The largest absolute Gasteiger partial charge is 0.365 e. The predicted molar refractivity (Wildman–Crippen MR) is 96.2 cm³/mol. The highest BCUT2D eigenvalue weighted by Crippen LogP contribution is 2.31. The highest BCUT2D eigenvalue weighted by molar-refractivity contribution is 9.10. The molecule has 0 aromatic heterocycles. The number of anilines is 1. The summed E-state index contributed by atoms with van der Waals surface area (Å²) in [6, 6.07) is 5.80. The van der Waals surface area contributed by atoms with Crippen molar-refractivity contribution in [1.82, 2.24) is 5.32 Å². The maximum Gasteiger partial charge on any atom is 0.0438 e. The molecule has 1 N–H and O–H groups in total. The number of benzene rings is 1. The Hall–Kier alpha value is -0.540. The molecular weight excluding hydrogens is 324 g/mol. The van der Waals surface area contributed by atoms with E-state index < -0.39 is 0 Å². The molecule has 1 aliphatic heterocycles. The summed E-state index contributed by atoms with van der Waals surface area (Å²) in [5, 5.41) is 3.74. The van der Waals surface area contributed by atoms with Crippen LogP contribution in [0.5, 0.6) is 0 Å². The summed E-state index contributed by atoms with van der Waals surface area (Å²) in [4.78, 5) is 2.62. The third-order valence-electron chi connectivity index (χ3n) is 4.71. The average Bonchev–Trinajstić information content (AvgIpc) is 2.43. The fourth-order valence-corrected chi connectivity index (χ4v) is 3.45. The van der Waals surface area contributed by atoms with E-state index in [9.17, 15) is 0 Å². The molecule has 1 heterocycles. The molecule has 1 aliphatic rings. The van der Waals surface area contributed by atoms with Crippen LogP contribution in [0.1, 0.15) is 38.8 Å². The van der Waals surface area contributed by atoms with E-state index in [0.29, 0.717) is 23.9 Å². The molecule has 0 amide bonds. The Balaban J connectivity index is 2.35. The van der Waals surface area contributed by atoms with Crippen molar-refractivity contribution in [2.24, 2.45) is 11.8 Å². The van der Waals surface area contributed by atoms with Gasteiger partial charge in [0.05, 0.1) is 0 Å². The van der Waals surface area contributed by atoms with Gasteiger partial charge in [-0.3, -0.25) is 0 Å². The maximum absolute atomic E-state index is 3.74. The van der Waals surface area contributed by atoms with Crippen LogP contribution in [0, 0.1) is 25.7 Å². The molecule has 0 saturated carbocycles. The molecule has 2 unspecified atom stereocenters. The summed E-state index contributed by atoms with van der Waals surface area (Å²) >= 11 is 3.69. The monoisotopic (exact) mass is 352 g/mol. The first-order chi connectivity index (χ1) is 9.81. The van der Waals surface area contributed by atoms with E-state index in [1.165, 1.54) is 21.3 Å². The molecule has 118 valence electrons. The van der Waals surface area contributed by atoms with Crippen molar-refractivity contribution in [1.29, 1.82) is 0 Å². The third kappa shape index (κ3) is 3.62. The molecule has 1 saturated heterocycles. The number of nitrogens with zero attached hydrogens (tertiary/aromatic N) is 1. The van der Waals surface area contributed by atoms with E-state index in [2.05, 4.69) is 79.8 Å². The smallest absolute Gasteiger partial charge is 0.0438 e. The van der Waals surface area contributed by atoms with Gasteiger partial charge in [-0.1, -0.05) is 43.6 Å². The van der Waals surface area contributed by atoms with Crippen LogP contribution in [0.15, 0.2) is 16.6 Å². The van der Waals surface area contributed by atoms with Crippen molar-refractivity contribution in [3.63, 3.8) is 0 Å². The number of nitrogens with one attached hydrogen (secondary N) is 1. The summed E-state index contributed by atoms with van der Waals surface area (Å²) in [7, 11) is 0. The number of piperazine rings is 1. The lowest BCUT2D eigenvalue weighted by molar-refractivity contribution is 0.295. The van der Waals surface area contributed by atoms with Crippen molar-refractivity contribution in [2.45, 2.75) is 53.6 Å². The minimum atomic E-state index is 0.569. The van der Waals surface area contributed by atoms with Crippen LogP contribution in [-0.2, 0) is 0 Å². The van der Waals surface area contributed by atoms with Gasteiger partial charge >= 0.3 is 0 Å². The molecule has 0 radical (unpaired) electrons. The van der Waals surface area contributed by atoms with Crippen LogP contribution in [0.4, 0.5) is 5.69 Å². The minimum Gasteiger partial charge on any atom is -0.365 e. The standard InChI is InChI=1S/C18H29BrN2/c1-11(2)16-10-21(17(9-20-16)12(3)4)15-7-13(5)18(19)14(6)8-15/h7-8,11-12,16-17,20H,9-10H2,1-6H3. The van der Waals surface area contributed by atoms with E-state index in [-0.39, 0.29) is 0 Å². The zero-order valence-electron chi connectivity index (χ0n) is 14.2. The number of rotatable bonds is 3. The van der Waals surface area contributed by atoms with Crippen molar-refractivity contribution < 1.29 is 0 Å². The quantitative estimate of drug-likeness (QED) is 0.859. The first kappa shape index (κ1) is 16.8. The molecule has 0 aliphatic carbocycles. The maximum atomic E-state index is 3.74. The molecule has 1 aromatic carbocycles. The Morgan fingerprint density at radius 2 is 1.67 bits per heavy atom. The highest BCUT2D eigenvalue weighted by Gasteiger charge is 2.31. The molecule has 1 aromatic rings. The Labute approximate surface area is 138 Å². The zero-order chi connectivity index (χ0) is 15.7. The summed E-state index contributed by atoms with van der Waals surface area (Å²) in [6.45, 7) is 15.8. The predicted octanol–water partition coefficient (Wildman–Crippen LogP) is 4.52. The number of hydrogen-bond donors (Lipinski definition) is 1. The van der Waals surface area contributed by atoms with Crippen LogP contribution >= 0.6 is 15.9 Å². The van der Waals surface area contributed by atoms with Crippen LogP contribution in [0.2, 0.25) is 0 Å². The minimum absolute atomic E-state index is 0.569. The third-order valence-corrected chi connectivity index (χ3v) is 5.96. The number of aryl methyl sites for hydroxylation is 2. The number of hydrogen-bond acceptors (Lipinski definition) is 2. The Kier molecular flexibility index (Phi) is 5.37. The van der Waals surface area contributed by atoms with Crippen LogP contribution < -0.4 is 10.2 Å². The van der Waals surface area contributed by atoms with E-state index in [1.807, 2.05) is 0 Å². The Morgan fingerprint density at radius 1 is 1.10 bits per heavy atom. The first-order valence-corrected chi connectivity index (χ1v) is 8.87. The van der Waals surface area contributed by atoms with Crippen LogP contribution in [0.3, 0.4) is 0 Å². The molecular formula is C18H29BrN2. The van der Waals surface area contributed by atoms with Gasteiger partial charge in [0.2, 0.25) is 0 Å². The Bertz CT molecular complexity index is 473. The molecule has 3 heteroatoms. The van der Waals surface area contributed by atoms with Crippen molar-refractivity contribution >= 4 is 21.6 Å². The molecule has 1 fully saturated rings. The van der Waals surface area contributed by atoms with Crippen molar-refractivity contribution in [3.8, 4) is 0 Å². The number of halogens is 1. The Morgan fingerprint density at radius 3 is 2.14 bits per heavy atom. The van der Waals surface area contributed by atoms with E-state index in [4.69, 9.17) is 0 Å². The van der Waals surface area contributed by atoms with Gasteiger partial charge in [0.1, 0.15) is 0 Å². The van der Waals surface area contributed by atoms with Gasteiger partial charge in [-0.25, -0.2) is 0 Å². The van der Waals surface area contributed by atoms with Crippen LogP contribution in [-0.4, -0.2) is 25.2 Å².